The van der Waals surface area contributed by atoms with Crippen LogP contribution in [-0.4, -0.2) is 47.3 Å². The largest absolute Gasteiger partial charge is 0.395 e. The van der Waals surface area contributed by atoms with E-state index in [1.807, 2.05) is 0 Å². The number of carbonyl (C=O) groups is 1. The SMILES string of the molecule is O=C(c1cccc(F)c1Br)N(CCO)CCO. The quantitative estimate of drug-likeness (QED) is 0.854. The number of benzene rings is 1. The average Bonchev–Trinajstić information content (AvgIpc) is 2.31. The van der Waals surface area contributed by atoms with E-state index in [9.17, 15) is 9.18 Å². The maximum atomic E-state index is 13.3. The number of rotatable bonds is 5. The maximum absolute atomic E-state index is 13.3. The van der Waals surface area contributed by atoms with Crippen LogP contribution in [-0.2, 0) is 0 Å². The van der Waals surface area contributed by atoms with Gasteiger partial charge in [0.2, 0.25) is 0 Å². The molecule has 0 aliphatic rings. The molecule has 0 radical (unpaired) electrons. The van der Waals surface area contributed by atoms with Crippen molar-refractivity contribution < 1.29 is 19.4 Å². The van der Waals surface area contributed by atoms with E-state index in [1.165, 1.54) is 23.1 Å². The lowest BCUT2D eigenvalue weighted by Crippen LogP contribution is -2.36. The van der Waals surface area contributed by atoms with Crippen LogP contribution in [0.15, 0.2) is 22.7 Å². The van der Waals surface area contributed by atoms with Crippen LogP contribution in [0.1, 0.15) is 10.4 Å². The van der Waals surface area contributed by atoms with E-state index in [1.54, 1.807) is 0 Å². The fourth-order valence-electron chi connectivity index (χ4n) is 1.40. The van der Waals surface area contributed by atoms with Crippen LogP contribution in [0.3, 0.4) is 0 Å². The van der Waals surface area contributed by atoms with Gasteiger partial charge < -0.3 is 15.1 Å². The molecule has 0 saturated heterocycles. The van der Waals surface area contributed by atoms with E-state index in [-0.39, 0.29) is 36.3 Å². The van der Waals surface area contributed by atoms with Gasteiger partial charge in [0.1, 0.15) is 5.82 Å². The zero-order chi connectivity index (χ0) is 12.8. The maximum Gasteiger partial charge on any atom is 0.255 e. The zero-order valence-electron chi connectivity index (χ0n) is 9.07. The van der Waals surface area contributed by atoms with Gasteiger partial charge in [-0.2, -0.15) is 0 Å². The first kappa shape index (κ1) is 14.1. The fourth-order valence-corrected chi connectivity index (χ4v) is 1.83. The minimum absolute atomic E-state index is 0.0888. The molecule has 1 aromatic carbocycles. The second kappa shape index (κ2) is 6.68. The van der Waals surface area contributed by atoms with Gasteiger partial charge in [0.05, 0.1) is 23.2 Å². The Morgan fingerprint density at radius 2 is 1.88 bits per heavy atom. The topological polar surface area (TPSA) is 60.8 Å². The van der Waals surface area contributed by atoms with Crippen molar-refractivity contribution >= 4 is 21.8 Å². The molecular formula is C11H13BrFNO3. The van der Waals surface area contributed by atoms with Crippen LogP contribution < -0.4 is 0 Å². The van der Waals surface area contributed by atoms with Crippen molar-refractivity contribution in [3.63, 3.8) is 0 Å². The Hall–Kier alpha value is -0.980. The van der Waals surface area contributed by atoms with E-state index in [0.29, 0.717) is 0 Å². The minimum Gasteiger partial charge on any atom is -0.395 e. The lowest BCUT2D eigenvalue weighted by molar-refractivity contribution is 0.0683. The molecule has 4 nitrogen and oxygen atoms in total. The predicted octanol–water partition coefficient (Wildman–Crippen LogP) is 1.01. The summed E-state index contributed by atoms with van der Waals surface area (Å²) >= 11 is 3.00. The van der Waals surface area contributed by atoms with Gasteiger partial charge in [-0.15, -0.1) is 0 Å². The van der Waals surface area contributed by atoms with Crippen LogP contribution in [0.2, 0.25) is 0 Å². The highest BCUT2D eigenvalue weighted by Crippen LogP contribution is 2.21. The van der Waals surface area contributed by atoms with Crippen LogP contribution in [0.25, 0.3) is 0 Å². The van der Waals surface area contributed by atoms with Gasteiger partial charge in [0, 0.05) is 13.1 Å². The van der Waals surface area contributed by atoms with Crippen LogP contribution >= 0.6 is 15.9 Å². The first-order valence-electron chi connectivity index (χ1n) is 5.06. The molecule has 0 aliphatic heterocycles. The summed E-state index contributed by atoms with van der Waals surface area (Å²) in [6.45, 7) is -0.220. The van der Waals surface area contributed by atoms with Crippen molar-refractivity contribution in [2.75, 3.05) is 26.3 Å². The van der Waals surface area contributed by atoms with Crippen molar-refractivity contribution in [2.45, 2.75) is 0 Å². The summed E-state index contributed by atoms with van der Waals surface area (Å²) in [6, 6.07) is 4.16. The van der Waals surface area contributed by atoms with E-state index in [4.69, 9.17) is 10.2 Å². The Kier molecular flexibility index (Phi) is 5.54. The van der Waals surface area contributed by atoms with Gasteiger partial charge in [-0.05, 0) is 28.1 Å². The zero-order valence-corrected chi connectivity index (χ0v) is 10.7. The summed E-state index contributed by atoms with van der Waals surface area (Å²) in [5, 5.41) is 17.6. The molecule has 0 aromatic heterocycles. The van der Waals surface area contributed by atoms with Crippen LogP contribution in [0, 0.1) is 5.82 Å². The molecule has 0 unspecified atom stereocenters. The van der Waals surface area contributed by atoms with Gasteiger partial charge >= 0.3 is 0 Å². The van der Waals surface area contributed by atoms with Crippen molar-refractivity contribution in [1.29, 1.82) is 0 Å². The fraction of sp³-hybridized carbons (Fsp3) is 0.364. The average molecular weight is 306 g/mol. The molecule has 0 heterocycles. The molecule has 94 valence electrons. The molecule has 0 spiro atoms. The number of halogens is 2. The van der Waals surface area contributed by atoms with E-state index < -0.39 is 11.7 Å². The number of hydrogen-bond acceptors (Lipinski definition) is 3. The Morgan fingerprint density at radius 3 is 2.41 bits per heavy atom. The number of nitrogens with zero attached hydrogens (tertiary/aromatic N) is 1. The molecule has 2 N–H and O–H groups in total. The molecule has 1 rings (SSSR count). The Bertz CT molecular complexity index is 394. The van der Waals surface area contributed by atoms with Crippen molar-refractivity contribution in [1.82, 2.24) is 4.90 Å². The van der Waals surface area contributed by atoms with Gasteiger partial charge in [-0.3, -0.25) is 4.79 Å². The predicted molar refractivity (Wildman–Crippen MR) is 64.2 cm³/mol. The van der Waals surface area contributed by atoms with Crippen molar-refractivity contribution in [3.8, 4) is 0 Å². The summed E-state index contributed by atoms with van der Waals surface area (Å²) in [5.74, 6) is -0.955. The summed E-state index contributed by atoms with van der Waals surface area (Å²) in [5.41, 5.74) is 0.173. The van der Waals surface area contributed by atoms with Gasteiger partial charge in [0.15, 0.2) is 0 Å². The Balaban J connectivity index is 2.96. The molecule has 0 fully saturated rings. The van der Waals surface area contributed by atoms with Crippen LogP contribution in [0.5, 0.6) is 0 Å². The van der Waals surface area contributed by atoms with Crippen molar-refractivity contribution in [3.05, 3.63) is 34.1 Å². The second-order valence-electron chi connectivity index (χ2n) is 3.34. The lowest BCUT2D eigenvalue weighted by atomic mass is 10.2. The Labute approximate surface area is 107 Å². The molecule has 17 heavy (non-hydrogen) atoms. The third-order valence-corrected chi connectivity index (χ3v) is 3.02. The Morgan fingerprint density at radius 1 is 1.29 bits per heavy atom. The monoisotopic (exact) mass is 305 g/mol. The number of hydrogen-bond donors (Lipinski definition) is 2. The highest BCUT2D eigenvalue weighted by molar-refractivity contribution is 9.10. The van der Waals surface area contributed by atoms with E-state index in [0.717, 1.165) is 0 Å². The molecule has 1 aromatic rings. The van der Waals surface area contributed by atoms with E-state index in [2.05, 4.69) is 15.9 Å². The van der Waals surface area contributed by atoms with Gasteiger partial charge in [-0.1, -0.05) is 6.07 Å². The summed E-state index contributed by atoms with van der Waals surface area (Å²) in [6.07, 6.45) is 0. The molecule has 0 aliphatic carbocycles. The normalized spacial score (nSPS) is 10.4. The molecule has 0 bridgehead atoms. The highest BCUT2D eigenvalue weighted by atomic mass is 79.9. The summed E-state index contributed by atoms with van der Waals surface area (Å²) in [4.78, 5) is 13.3. The summed E-state index contributed by atoms with van der Waals surface area (Å²) in [7, 11) is 0. The minimum atomic E-state index is -0.524. The number of carbonyl (C=O) groups excluding carboxylic acids is 1. The lowest BCUT2D eigenvalue weighted by Gasteiger charge is -2.21. The van der Waals surface area contributed by atoms with Gasteiger partial charge in [0.25, 0.3) is 5.91 Å². The smallest absolute Gasteiger partial charge is 0.255 e. The van der Waals surface area contributed by atoms with E-state index >= 15 is 0 Å². The third kappa shape index (κ3) is 3.49. The third-order valence-electron chi connectivity index (χ3n) is 2.21. The molecule has 0 saturated carbocycles. The number of aliphatic hydroxyl groups is 2. The number of amides is 1. The summed E-state index contributed by atoms with van der Waals surface area (Å²) < 4.78 is 13.3. The molecule has 0 atom stereocenters. The van der Waals surface area contributed by atoms with Crippen molar-refractivity contribution in [2.24, 2.45) is 0 Å². The second-order valence-corrected chi connectivity index (χ2v) is 4.13. The highest BCUT2D eigenvalue weighted by Gasteiger charge is 2.18. The van der Waals surface area contributed by atoms with Gasteiger partial charge in [-0.25, -0.2) is 4.39 Å². The first-order valence-corrected chi connectivity index (χ1v) is 5.86. The molecule has 6 heteroatoms. The first-order chi connectivity index (χ1) is 8.11. The standard InChI is InChI=1S/C11H13BrFNO3/c12-10-8(2-1-3-9(10)13)11(17)14(4-6-15)5-7-16/h1-3,15-16H,4-7H2. The molecular weight excluding hydrogens is 293 g/mol. The van der Waals surface area contributed by atoms with Crippen LogP contribution in [0.4, 0.5) is 4.39 Å². The number of aliphatic hydroxyl groups excluding tert-OH is 2. The molecule has 1 amide bonds.